The highest BCUT2D eigenvalue weighted by Gasteiger charge is 2.47. The second-order valence-electron chi connectivity index (χ2n) is 6.54. The zero-order chi connectivity index (χ0) is 19.3. The van der Waals surface area contributed by atoms with E-state index in [1.165, 1.54) is 10.9 Å². The van der Waals surface area contributed by atoms with E-state index in [0.717, 1.165) is 23.2 Å². The minimum absolute atomic E-state index is 0.0973. The molecule has 7 nitrogen and oxygen atoms in total. The number of hydrogen-bond acceptors (Lipinski definition) is 6. The van der Waals surface area contributed by atoms with E-state index in [-0.39, 0.29) is 5.56 Å². The SMILES string of the molecule is Cc1ncnc2c1ccn2[C@@H]1O[C@H]([C@H](O)c2cc(F)cc(F)c2)[C@@H](O)[C@H]1O. The summed E-state index contributed by atoms with van der Waals surface area (Å²) in [5.41, 5.74) is 1.13. The van der Waals surface area contributed by atoms with E-state index in [1.54, 1.807) is 19.2 Å². The minimum Gasteiger partial charge on any atom is -0.387 e. The van der Waals surface area contributed by atoms with Crippen LogP contribution in [0.2, 0.25) is 0 Å². The number of aliphatic hydroxyl groups is 3. The van der Waals surface area contributed by atoms with E-state index >= 15 is 0 Å². The summed E-state index contributed by atoms with van der Waals surface area (Å²) in [5, 5.41) is 32.0. The standard InChI is InChI=1S/C18H17F2N3O4/c1-8-12-2-3-23(17(12)22-7-21-8)18-15(26)14(25)16(27-18)13(24)9-4-10(19)6-11(20)5-9/h2-7,13-16,18,24-26H,1H3/t13-,14+,15-,16-,18-/m1/s1. The van der Waals surface area contributed by atoms with Gasteiger partial charge in [0.1, 0.15) is 48.0 Å². The maximum absolute atomic E-state index is 13.4. The van der Waals surface area contributed by atoms with Gasteiger partial charge in [-0.15, -0.1) is 0 Å². The highest BCUT2D eigenvalue weighted by molar-refractivity contribution is 5.78. The first-order valence-electron chi connectivity index (χ1n) is 8.30. The third-order valence-electron chi connectivity index (χ3n) is 4.80. The number of aryl methyl sites for hydroxylation is 1. The van der Waals surface area contributed by atoms with Gasteiger partial charge >= 0.3 is 0 Å². The molecule has 0 saturated carbocycles. The van der Waals surface area contributed by atoms with E-state index in [9.17, 15) is 24.1 Å². The van der Waals surface area contributed by atoms with Gasteiger partial charge in [-0.1, -0.05) is 0 Å². The molecule has 0 unspecified atom stereocenters. The molecule has 1 fully saturated rings. The van der Waals surface area contributed by atoms with E-state index in [4.69, 9.17) is 4.74 Å². The normalized spacial score (nSPS) is 26.6. The lowest BCUT2D eigenvalue weighted by atomic mass is 9.99. The smallest absolute Gasteiger partial charge is 0.164 e. The van der Waals surface area contributed by atoms with Gasteiger partial charge in [-0.05, 0) is 30.7 Å². The molecule has 0 spiro atoms. The van der Waals surface area contributed by atoms with Crippen LogP contribution < -0.4 is 0 Å². The van der Waals surface area contributed by atoms with Crippen molar-refractivity contribution in [2.75, 3.05) is 0 Å². The Balaban J connectivity index is 1.67. The number of aromatic nitrogens is 3. The Morgan fingerprint density at radius 2 is 1.81 bits per heavy atom. The third-order valence-corrected chi connectivity index (χ3v) is 4.80. The molecule has 0 aliphatic carbocycles. The van der Waals surface area contributed by atoms with E-state index in [2.05, 4.69) is 9.97 Å². The molecule has 1 aliphatic rings. The molecule has 3 heterocycles. The van der Waals surface area contributed by atoms with Gasteiger partial charge < -0.3 is 24.6 Å². The average molecular weight is 377 g/mol. The highest BCUT2D eigenvalue weighted by atomic mass is 19.1. The van der Waals surface area contributed by atoms with Crippen molar-refractivity contribution in [2.24, 2.45) is 0 Å². The van der Waals surface area contributed by atoms with Gasteiger partial charge in [0.2, 0.25) is 0 Å². The molecule has 1 aliphatic heterocycles. The summed E-state index contributed by atoms with van der Waals surface area (Å²) in [6.07, 6.45) is -3.72. The Bertz CT molecular complexity index is 976. The van der Waals surface area contributed by atoms with Crippen LogP contribution in [0.25, 0.3) is 11.0 Å². The van der Waals surface area contributed by atoms with Gasteiger partial charge in [0.25, 0.3) is 0 Å². The molecular weight excluding hydrogens is 360 g/mol. The monoisotopic (exact) mass is 377 g/mol. The lowest BCUT2D eigenvalue weighted by molar-refractivity contribution is -0.0849. The molecular formula is C18H17F2N3O4. The second kappa shape index (κ2) is 6.61. The van der Waals surface area contributed by atoms with Crippen molar-refractivity contribution in [3.05, 3.63) is 59.7 Å². The largest absolute Gasteiger partial charge is 0.387 e. The Morgan fingerprint density at radius 3 is 2.52 bits per heavy atom. The fourth-order valence-electron chi connectivity index (χ4n) is 3.41. The van der Waals surface area contributed by atoms with Crippen molar-refractivity contribution in [1.82, 2.24) is 14.5 Å². The molecule has 4 rings (SSSR count). The van der Waals surface area contributed by atoms with Crippen LogP contribution in [-0.2, 0) is 4.74 Å². The number of hydrogen-bond donors (Lipinski definition) is 3. The van der Waals surface area contributed by atoms with Crippen molar-refractivity contribution < 1.29 is 28.8 Å². The first-order chi connectivity index (χ1) is 12.9. The van der Waals surface area contributed by atoms with E-state index in [1.807, 2.05) is 0 Å². The van der Waals surface area contributed by atoms with E-state index < -0.39 is 42.3 Å². The zero-order valence-corrected chi connectivity index (χ0v) is 14.2. The molecule has 3 N–H and O–H groups in total. The molecule has 0 bridgehead atoms. The van der Waals surface area contributed by atoms with E-state index in [0.29, 0.717) is 11.7 Å². The van der Waals surface area contributed by atoms with Crippen LogP contribution in [0.3, 0.4) is 0 Å². The molecule has 1 saturated heterocycles. The highest BCUT2D eigenvalue weighted by Crippen LogP contribution is 2.37. The molecule has 9 heteroatoms. The van der Waals surface area contributed by atoms with Crippen LogP contribution in [0.15, 0.2) is 36.8 Å². The van der Waals surface area contributed by atoms with Crippen molar-refractivity contribution in [3.63, 3.8) is 0 Å². The van der Waals surface area contributed by atoms with Gasteiger partial charge in [0.15, 0.2) is 6.23 Å². The van der Waals surface area contributed by atoms with Gasteiger partial charge in [0, 0.05) is 17.6 Å². The summed E-state index contributed by atoms with van der Waals surface area (Å²) in [6.45, 7) is 1.81. The van der Waals surface area contributed by atoms with Gasteiger partial charge in [-0.25, -0.2) is 18.7 Å². The maximum Gasteiger partial charge on any atom is 0.164 e. The number of fused-ring (bicyclic) bond motifs is 1. The first kappa shape index (κ1) is 17.9. The predicted molar refractivity (Wildman–Crippen MR) is 89.5 cm³/mol. The number of halogens is 2. The van der Waals surface area contributed by atoms with Crippen LogP contribution >= 0.6 is 0 Å². The number of rotatable bonds is 3. The van der Waals surface area contributed by atoms with Crippen molar-refractivity contribution in [2.45, 2.75) is 37.6 Å². The summed E-state index contributed by atoms with van der Waals surface area (Å²) in [7, 11) is 0. The zero-order valence-electron chi connectivity index (χ0n) is 14.2. The van der Waals surface area contributed by atoms with Gasteiger partial charge in [-0.3, -0.25) is 0 Å². The molecule has 2 aromatic heterocycles. The summed E-state index contributed by atoms with van der Waals surface area (Å²) in [5.74, 6) is -1.73. The Kier molecular flexibility index (Phi) is 4.39. The van der Waals surface area contributed by atoms with Crippen LogP contribution in [0.1, 0.15) is 23.6 Å². The van der Waals surface area contributed by atoms with Crippen LogP contribution in [0, 0.1) is 18.6 Å². The Morgan fingerprint density at radius 1 is 1.11 bits per heavy atom. The molecule has 1 aromatic carbocycles. The van der Waals surface area contributed by atoms with Crippen LogP contribution in [0.5, 0.6) is 0 Å². The van der Waals surface area contributed by atoms with Gasteiger partial charge in [-0.2, -0.15) is 0 Å². The summed E-state index contributed by atoms with van der Waals surface area (Å²) in [6, 6.07) is 4.32. The predicted octanol–water partition coefficient (Wildman–Crippen LogP) is 1.37. The summed E-state index contributed by atoms with van der Waals surface area (Å²) in [4.78, 5) is 8.27. The maximum atomic E-state index is 13.4. The molecule has 0 radical (unpaired) electrons. The topological polar surface area (TPSA) is 101 Å². The Hall–Kier alpha value is -2.46. The fourth-order valence-corrected chi connectivity index (χ4v) is 3.41. The number of benzene rings is 1. The van der Waals surface area contributed by atoms with Crippen molar-refractivity contribution >= 4 is 11.0 Å². The summed E-state index contributed by atoms with van der Waals surface area (Å²) >= 11 is 0. The van der Waals surface area contributed by atoms with Crippen molar-refractivity contribution in [1.29, 1.82) is 0 Å². The molecule has 5 atom stereocenters. The average Bonchev–Trinajstić information content (AvgIpc) is 3.17. The summed E-state index contributed by atoms with van der Waals surface area (Å²) < 4.78 is 34.1. The third kappa shape index (κ3) is 2.98. The van der Waals surface area contributed by atoms with Crippen LogP contribution in [-0.4, -0.2) is 48.2 Å². The fraction of sp³-hybridized carbons (Fsp3) is 0.333. The number of nitrogens with zero attached hydrogens (tertiary/aromatic N) is 3. The van der Waals surface area contributed by atoms with Crippen LogP contribution in [0.4, 0.5) is 8.78 Å². The molecule has 27 heavy (non-hydrogen) atoms. The molecule has 3 aromatic rings. The molecule has 0 amide bonds. The van der Waals surface area contributed by atoms with Crippen molar-refractivity contribution in [3.8, 4) is 0 Å². The Labute approximate surface area is 152 Å². The molecule has 142 valence electrons. The lowest BCUT2D eigenvalue weighted by Gasteiger charge is -2.21. The number of aliphatic hydroxyl groups excluding tert-OH is 3. The number of ether oxygens (including phenoxy) is 1. The minimum atomic E-state index is -1.54. The first-order valence-corrected chi connectivity index (χ1v) is 8.30. The second-order valence-corrected chi connectivity index (χ2v) is 6.54. The lowest BCUT2D eigenvalue weighted by Crippen LogP contribution is -2.34. The van der Waals surface area contributed by atoms with Gasteiger partial charge in [0.05, 0.1) is 5.69 Å². The quantitative estimate of drug-likeness (QED) is 0.638.